The number of amides is 1. The largest absolute Gasteiger partial charge is 0.394 e. The maximum Gasteiger partial charge on any atom is 0.219 e. The number of aliphatic hydroxyl groups excluding tert-OH is 6. The quantitative estimate of drug-likeness (QED) is 0.0998. The molecular formula is C35H62N2O10. The highest BCUT2D eigenvalue weighted by Crippen LogP contribution is 2.46. The van der Waals surface area contributed by atoms with Crippen LogP contribution in [-0.4, -0.2) is 122 Å². The second-order valence-corrected chi connectivity index (χ2v) is 14.5. The third kappa shape index (κ3) is 10.3. The summed E-state index contributed by atoms with van der Waals surface area (Å²) < 4.78 is 18.2. The fourth-order valence-electron chi connectivity index (χ4n) is 8.03. The van der Waals surface area contributed by atoms with Crippen LogP contribution in [0.15, 0.2) is 12.3 Å². The molecule has 4 aliphatic rings. The molecule has 4 rings (SSSR count). The predicted molar refractivity (Wildman–Crippen MR) is 175 cm³/mol. The summed E-state index contributed by atoms with van der Waals surface area (Å²) in [4.78, 5) is 14.1. The lowest BCUT2D eigenvalue weighted by Gasteiger charge is -2.48. The van der Waals surface area contributed by atoms with E-state index in [0.717, 1.165) is 44.9 Å². The van der Waals surface area contributed by atoms with Gasteiger partial charge in [-0.15, -0.1) is 0 Å². The topological polar surface area (TPSA) is 181 Å². The van der Waals surface area contributed by atoms with Gasteiger partial charge in [0.2, 0.25) is 5.91 Å². The number of hydrogen-bond donors (Lipinski definition) is 7. The summed E-state index contributed by atoms with van der Waals surface area (Å²) in [6.07, 6.45) is 6.99. The minimum Gasteiger partial charge on any atom is -0.394 e. The first-order valence-electron chi connectivity index (χ1n) is 18.2. The van der Waals surface area contributed by atoms with Crippen LogP contribution >= 0.6 is 0 Å². The molecule has 0 spiro atoms. The molecule has 3 fully saturated rings. The van der Waals surface area contributed by atoms with Gasteiger partial charge >= 0.3 is 0 Å². The van der Waals surface area contributed by atoms with Crippen molar-refractivity contribution in [3.05, 3.63) is 12.3 Å². The van der Waals surface area contributed by atoms with Gasteiger partial charge in [0.25, 0.3) is 0 Å². The summed E-state index contributed by atoms with van der Waals surface area (Å²) in [7, 11) is 0. The first kappa shape index (κ1) is 38.5. The molecule has 4 unspecified atom stereocenters. The molecule has 0 radical (unpaired) electrons. The molecule has 2 saturated carbocycles. The van der Waals surface area contributed by atoms with Crippen molar-refractivity contribution >= 4 is 5.91 Å². The highest BCUT2D eigenvalue weighted by molar-refractivity contribution is 5.75. The van der Waals surface area contributed by atoms with Gasteiger partial charge in [-0.1, -0.05) is 26.2 Å². The van der Waals surface area contributed by atoms with Crippen LogP contribution in [0.25, 0.3) is 0 Å². The number of carbonyl (C=O) groups is 1. The maximum absolute atomic E-state index is 11.8. The fraction of sp³-hybridized carbons (Fsp3) is 0.914. The predicted octanol–water partition coefficient (Wildman–Crippen LogP) is 1.93. The molecule has 12 atom stereocenters. The number of ether oxygens (including phenoxy) is 3. The lowest BCUT2D eigenvalue weighted by atomic mass is 9.78. The molecule has 0 aromatic rings. The zero-order valence-electron chi connectivity index (χ0n) is 28.7. The van der Waals surface area contributed by atoms with Crippen molar-refractivity contribution in [3.8, 4) is 0 Å². The van der Waals surface area contributed by atoms with E-state index in [9.17, 15) is 35.4 Å². The molecule has 2 heterocycles. The van der Waals surface area contributed by atoms with E-state index in [1.165, 1.54) is 19.8 Å². The van der Waals surface area contributed by atoms with E-state index >= 15 is 0 Å². The van der Waals surface area contributed by atoms with E-state index in [2.05, 4.69) is 23.3 Å². The lowest BCUT2D eigenvalue weighted by molar-refractivity contribution is -0.369. The third-order valence-corrected chi connectivity index (χ3v) is 10.8. The third-order valence-electron chi connectivity index (χ3n) is 10.8. The summed E-state index contributed by atoms with van der Waals surface area (Å²) in [5.74, 6) is -1.75. The van der Waals surface area contributed by atoms with Gasteiger partial charge in [-0.05, 0) is 89.0 Å². The Morgan fingerprint density at radius 3 is 2.51 bits per heavy atom. The second kappa shape index (κ2) is 18.1. The summed E-state index contributed by atoms with van der Waals surface area (Å²) in [6.45, 7) is 6.19. The molecule has 0 aromatic heterocycles. The number of nitrogens with one attached hydrogen (secondary N) is 1. The normalized spacial score (nSPS) is 37.2. The van der Waals surface area contributed by atoms with Gasteiger partial charge in [0.05, 0.1) is 31.5 Å². The molecule has 2 aliphatic carbocycles. The molecule has 47 heavy (non-hydrogen) atoms. The Hall–Kier alpha value is -1.35. The number of hydrogen-bond acceptors (Lipinski definition) is 11. The van der Waals surface area contributed by atoms with Crippen LogP contribution < -0.4 is 5.32 Å². The minimum absolute atomic E-state index is 0.00308. The van der Waals surface area contributed by atoms with Crippen LogP contribution in [0.2, 0.25) is 0 Å². The summed E-state index contributed by atoms with van der Waals surface area (Å²) in [6, 6.07) is 0.551. The van der Waals surface area contributed by atoms with E-state index in [0.29, 0.717) is 44.9 Å². The van der Waals surface area contributed by atoms with Crippen LogP contribution in [0.5, 0.6) is 0 Å². The number of carbonyl (C=O) groups excluding carboxylic acids is 1. The first-order valence-corrected chi connectivity index (χ1v) is 18.2. The van der Waals surface area contributed by atoms with Crippen LogP contribution in [0.1, 0.15) is 104 Å². The van der Waals surface area contributed by atoms with Gasteiger partial charge in [-0.2, -0.15) is 0 Å². The van der Waals surface area contributed by atoms with Gasteiger partial charge in [-0.25, -0.2) is 0 Å². The zero-order valence-corrected chi connectivity index (χ0v) is 28.7. The highest BCUT2D eigenvalue weighted by Gasteiger charge is 2.55. The Balaban J connectivity index is 1.35. The summed E-state index contributed by atoms with van der Waals surface area (Å²) >= 11 is 0. The zero-order chi connectivity index (χ0) is 34.1. The van der Waals surface area contributed by atoms with Crippen molar-refractivity contribution < 1.29 is 49.6 Å². The summed E-state index contributed by atoms with van der Waals surface area (Å²) in [5.41, 5.74) is 0. The number of nitrogens with zero attached hydrogens (tertiary/aromatic N) is 1. The molecule has 12 heteroatoms. The molecule has 2 aliphatic heterocycles. The standard InChI is InChI=1S/C35H62N2O10/c1-4-36-29(41)11-8-6-5-7-10-25-27(46-35(3)34(44)33(43)32(42)28(21-38)47-35)20-26(40)31(25)22(2)12-15-24(39)16-17-30-37(23-13-14-23)18-9-19-45-30/h9,18,22-28,30-34,38-40,42-44H,4-8,10-17,19-21H2,1-3H3,(H,36,41)/t22-,24+,25-,26+,27-,28?,30?,31+,32+,33?,34?,35-/m0/s1. The SMILES string of the molecule is CCNC(=O)CCCCCC[C@@H]1[C@@H]([C@@H](C)CC[C@@H](O)CCC2OCC=CN2C2CC2)[C@H](O)C[C@@H]1O[C@@]1(C)OC(CO)[C@@H](O)C(O)C1O. The van der Waals surface area contributed by atoms with Gasteiger partial charge < -0.3 is 55.1 Å². The molecule has 1 amide bonds. The first-order chi connectivity index (χ1) is 22.5. The molecule has 0 bridgehead atoms. The molecule has 12 nitrogen and oxygen atoms in total. The lowest BCUT2D eigenvalue weighted by Crippen LogP contribution is -2.65. The van der Waals surface area contributed by atoms with Gasteiger partial charge in [0.1, 0.15) is 30.6 Å². The van der Waals surface area contributed by atoms with Crippen LogP contribution in [0, 0.1) is 17.8 Å². The number of rotatable bonds is 19. The van der Waals surface area contributed by atoms with E-state index in [1.807, 2.05) is 13.0 Å². The number of unbranched alkanes of at least 4 members (excludes halogenated alkanes) is 3. The Bertz CT molecular complexity index is 982. The van der Waals surface area contributed by atoms with Crippen molar-refractivity contribution in [3.63, 3.8) is 0 Å². The van der Waals surface area contributed by atoms with Crippen LogP contribution in [-0.2, 0) is 19.0 Å². The Labute approximate surface area is 280 Å². The number of aliphatic hydroxyl groups is 6. The van der Waals surface area contributed by atoms with E-state index < -0.39 is 55.1 Å². The summed E-state index contributed by atoms with van der Waals surface area (Å²) in [5, 5.41) is 66.6. The van der Waals surface area contributed by atoms with Crippen molar-refractivity contribution in [1.82, 2.24) is 10.2 Å². The maximum atomic E-state index is 11.8. The minimum atomic E-state index is -1.69. The second-order valence-electron chi connectivity index (χ2n) is 14.5. The van der Waals surface area contributed by atoms with E-state index in [4.69, 9.17) is 14.2 Å². The Kier molecular flexibility index (Phi) is 14.8. The Morgan fingerprint density at radius 1 is 1.06 bits per heavy atom. The van der Waals surface area contributed by atoms with E-state index in [-0.39, 0.29) is 29.9 Å². The molecule has 272 valence electrons. The van der Waals surface area contributed by atoms with E-state index in [1.54, 1.807) is 0 Å². The fourth-order valence-corrected chi connectivity index (χ4v) is 8.03. The van der Waals surface area contributed by atoms with Crippen molar-refractivity contribution in [2.24, 2.45) is 17.8 Å². The smallest absolute Gasteiger partial charge is 0.219 e. The molecular weight excluding hydrogens is 608 g/mol. The van der Waals surface area contributed by atoms with Crippen molar-refractivity contribution in [1.29, 1.82) is 0 Å². The van der Waals surface area contributed by atoms with Gasteiger partial charge in [-0.3, -0.25) is 4.79 Å². The van der Waals surface area contributed by atoms with Gasteiger partial charge in [0, 0.05) is 31.6 Å². The Morgan fingerprint density at radius 2 is 1.81 bits per heavy atom. The molecule has 0 aromatic carbocycles. The van der Waals surface area contributed by atoms with Crippen LogP contribution in [0.4, 0.5) is 0 Å². The van der Waals surface area contributed by atoms with Crippen molar-refractivity contribution in [2.45, 2.75) is 165 Å². The molecule has 1 saturated heterocycles. The molecule has 7 N–H and O–H groups in total. The highest BCUT2D eigenvalue weighted by atomic mass is 16.7. The van der Waals surface area contributed by atoms with Crippen molar-refractivity contribution in [2.75, 3.05) is 19.8 Å². The van der Waals surface area contributed by atoms with Crippen LogP contribution in [0.3, 0.4) is 0 Å². The monoisotopic (exact) mass is 670 g/mol. The average Bonchev–Trinajstić information content (AvgIpc) is 3.85. The average molecular weight is 671 g/mol. The van der Waals surface area contributed by atoms with Gasteiger partial charge in [0.15, 0.2) is 5.79 Å².